The minimum absolute atomic E-state index is 0.361. The molecule has 0 aliphatic rings. The predicted octanol–water partition coefficient (Wildman–Crippen LogP) is 2.06. The van der Waals surface area contributed by atoms with Crippen LogP contribution in [0.15, 0.2) is 23.6 Å². The first-order valence-corrected chi connectivity index (χ1v) is 5.04. The molecular formula is C10H9NO2S. The van der Waals surface area contributed by atoms with Gasteiger partial charge in [0.2, 0.25) is 0 Å². The average molecular weight is 207 g/mol. The fourth-order valence-corrected chi connectivity index (χ4v) is 2.51. The zero-order valence-corrected chi connectivity index (χ0v) is 8.17. The molecule has 0 amide bonds. The van der Waals surface area contributed by atoms with Crippen molar-refractivity contribution >= 4 is 27.4 Å². The van der Waals surface area contributed by atoms with Crippen LogP contribution in [0.1, 0.15) is 15.9 Å². The summed E-state index contributed by atoms with van der Waals surface area (Å²) >= 11 is 1.43. The molecule has 0 bridgehead atoms. The molecule has 0 aliphatic heterocycles. The SMILES string of the molecule is NCc1cccc2c(C(=O)O)csc12. The quantitative estimate of drug-likeness (QED) is 0.792. The van der Waals surface area contributed by atoms with E-state index in [0.29, 0.717) is 12.1 Å². The molecule has 2 rings (SSSR count). The zero-order valence-electron chi connectivity index (χ0n) is 7.36. The number of rotatable bonds is 2. The lowest BCUT2D eigenvalue weighted by Gasteiger charge is -1.98. The second-order valence-electron chi connectivity index (χ2n) is 2.95. The molecule has 3 N–H and O–H groups in total. The second-order valence-corrected chi connectivity index (χ2v) is 3.83. The third-order valence-electron chi connectivity index (χ3n) is 2.13. The Bertz CT molecular complexity index is 490. The standard InChI is InChI=1S/C10H9NO2S/c11-4-6-2-1-3-7-8(10(12)13)5-14-9(6)7/h1-3,5H,4,11H2,(H,12,13). The smallest absolute Gasteiger partial charge is 0.337 e. The second kappa shape index (κ2) is 3.40. The van der Waals surface area contributed by atoms with E-state index in [9.17, 15) is 4.79 Å². The molecule has 3 nitrogen and oxygen atoms in total. The van der Waals surface area contributed by atoms with Crippen LogP contribution >= 0.6 is 11.3 Å². The first kappa shape index (κ1) is 9.18. The molecule has 0 radical (unpaired) electrons. The fourth-order valence-electron chi connectivity index (χ4n) is 1.44. The molecule has 0 spiro atoms. The molecule has 0 aliphatic carbocycles. The first-order chi connectivity index (χ1) is 6.74. The van der Waals surface area contributed by atoms with Gasteiger partial charge in [-0.2, -0.15) is 0 Å². The van der Waals surface area contributed by atoms with Crippen molar-refractivity contribution in [3.8, 4) is 0 Å². The van der Waals surface area contributed by atoms with Crippen LogP contribution < -0.4 is 5.73 Å². The summed E-state index contributed by atoms with van der Waals surface area (Å²) < 4.78 is 0.979. The maximum Gasteiger partial charge on any atom is 0.337 e. The minimum Gasteiger partial charge on any atom is -0.478 e. The number of carboxylic acid groups (broad SMARTS) is 1. The van der Waals surface area contributed by atoms with E-state index in [2.05, 4.69) is 0 Å². The number of carbonyl (C=O) groups is 1. The molecule has 0 saturated heterocycles. The van der Waals surface area contributed by atoms with Gasteiger partial charge in [-0.05, 0) is 5.56 Å². The van der Waals surface area contributed by atoms with E-state index < -0.39 is 5.97 Å². The molecule has 0 saturated carbocycles. The summed E-state index contributed by atoms with van der Waals surface area (Å²) in [4.78, 5) is 10.9. The number of hydrogen-bond donors (Lipinski definition) is 2. The van der Waals surface area contributed by atoms with E-state index in [4.69, 9.17) is 10.8 Å². The van der Waals surface area contributed by atoms with Crippen molar-refractivity contribution in [2.45, 2.75) is 6.54 Å². The van der Waals surface area contributed by atoms with Gasteiger partial charge in [0, 0.05) is 22.0 Å². The predicted molar refractivity (Wildman–Crippen MR) is 56.7 cm³/mol. The van der Waals surface area contributed by atoms with Crippen LogP contribution in [0.3, 0.4) is 0 Å². The minimum atomic E-state index is -0.884. The third kappa shape index (κ3) is 1.29. The van der Waals surface area contributed by atoms with Crippen LogP contribution in [0.4, 0.5) is 0 Å². The summed E-state index contributed by atoms with van der Waals surface area (Å²) in [5, 5.41) is 11.4. The van der Waals surface area contributed by atoms with E-state index in [1.807, 2.05) is 18.2 Å². The Kier molecular flexibility index (Phi) is 2.23. The summed E-state index contributed by atoms with van der Waals surface area (Å²) in [7, 11) is 0. The van der Waals surface area contributed by atoms with Gasteiger partial charge >= 0.3 is 5.97 Å². The first-order valence-electron chi connectivity index (χ1n) is 4.16. The lowest BCUT2D eigenvalue weighted by molar-refractivity contribution is 0.0699. The Hall–Kier alpha value is -1.39. The Labute approximate surface area is 84.8 Å². The number of fused-ring (bicyclic) bond motifs is 1. The van der Waals surface area contributed by atoms with Gasteiger partial charge in [-0.3, -0.25) is 0 Å². The number of nitrogens with two attached hydrogens (primary N) is 1. The molecule has 0 atom stereocenters. The van der Waals surface area contributed by atoms with Gasteiger partial charge in [0.25, 0.3) is 0 Å². The summed E-state index contributed by atoms with van der Waals surface area (Å²) in [5.41, 5.74) is 6.92. The highest BCUT2D eigenvalue weighted by Crippen LogP contribution is 2.28. The van der Waals surface area contributed by atoms with Crippen LogP contribution in [0.2, 0.25) is 0 Å². The topological polar surface area (TPSA) is 63.3 Å². The van der Waals surface area contributed by atoms with Crippen molar-refractivity contribution in [1.29, 1.82) is 0 Å². The summed E-state index contributed by atoms with van der Waals surface area (Å²) in [6.45, 7) is 0.441. The molecule has 0 unspecified atom stereocenters. The lowest BCUT2D eigenvalue weighted by Crippen LogP contribution is -1.97. The highest BCUT2D eigenvalue weighted by molar-refractivity contribution is 7.17. The molecular weight excluding hydrogens is 198 g/mol. The highest BCUT2D eigenvalue weighted by Gasteiger charge is 2.11. The molecule has 14 heavy (non-hydrogen) atoms. The fraction of sp³-hybridized carbons (Fsp3) is 0.100. The molecule has 0 fully saturated rings. The zero-order chi connectivity index (χ0) is 10.1. The van der Waals surface area contributed by atoms with Crippen molar-refractivity contribution in [3.05, 3.63) is 34.7 Å². The Morgan fingerprint density at radius 3 is 2.93 bits per heavy atom. The third-order valence-corrected chi connectivity index (χ3v) is 3.20. The number of hydrogen-bond acceptors (Lipinski definition) is 3. The van der Waals surface area contributed by atoms with Crippen molar-refractivity contribution in [3.63, 3.8) is 0 Å². The number of carboxylic acids is 1. The molecule has 1 aromatic heterocycles. The van der Waals surface area contributed by atoms with Crippen molar-refractivity contribution in [1.82, 2.24) is 0 Å². The van der Waals surface area contributed by atoms with E-state index in [1.165, 1.54) is 11.3 Å². The van der Waals surface area contributed by atoms with Crippen LogP contribution in [0.25, 0.3) is 10.1 Å². The summed E-state index contributed by atoms with van der Waals surface area (Å²) in [6.07, 6.45) is 0. The van der Waals surface area contributed by atoms with E-state index in [-0.39, 0.29) is 0 Å². The van der Waals surface area contributed by atoms with Gasteiger partial charge in [-0.15, -0.1) is 11.3 Å². The van der Waals surface area contributed by atoms with E-state index in [0.717, 1.165) is 15.6 Å². The Balaban J connectivity index is 2.75. The van der Waals surface area contributed by atoms with Gasteiger partial charge in [0.1, 0.15) is 0 Å². The normalized spacial score (nSPS) is 10.6. The average Bonchev–Trinajstić information content (AvgIpc) is 2.60. The summed E-state index contributed by atoms with van der Waals surface area (Å²) in [6, 6.07) is 5.57. The van der Waals surface area contributed by atoms with E-state index in [1.54, 1.807) is 5.38 Å². The maximum atomic E-state index is 10.9. The highest BCUT2D eigenvalue weighted by atomic mass is 32.1. The summed E-state index contributed by atoms with van der Waals surface area (Å²) in [5.74, 6) is -0.884. The van der Waals surface area contributed by atoms with Crippen molar-refractivity contribution < 1.29 is 9.90 Å². The number of aromatic carboxylic acids is 1. The lowest BCUT2D eigenvalue weighted by atomic mass is 10.1. The molecule has 4 heteroatoms. The monoisotopic (exact) mass is 207 g/mol. The van der Waals surface area contributed by atoms with Crippen LogP contribution in [0.5, 0.6) is 0 Å². The van der Waals surface area contributed by atoms with Gasteiger partial charge in [0.05, 0.1) is 5.56 Å². The number of thiophene rings is 1. The maximum absolute atomic E-state index is 10.9. The molecule has 2 aromatic rings. The van der Waals surface area contributed by atoms with Crippen LogP contribution in [-0.4, -0.2) is 11.1 Å². The Morgan fingerprint density at radius 1 is 1.50 bits per heavy atom. The largest absolute Gasteiger partial charge is 0.478 e. The Morgan fingerprint density at radius 2 is 2.29 bits per heavy atom. The van der Waals surface area contributed by atoms with Crippen LogP contribution in [0, 0.1) is 0 Å². The van der Waals surface area contributed by atoms with Gasteiger partial charge in [-0.1, -0.05) is 18.2 Å². The van der Waals surface area contributed by atoms with Gasteiger partial charge in [-0.25, -0.2) is 4.79 Å². The molecule has 1 heterocycles. The van der Waals surface area contributed by atoms with Gasteiger partial charge in [0.15, 0.2) is 0 Å². The van der Waals surface area contributed by atoms with Crippen LogP contribution in [-0.2, 0) is 6.54 Å². The molecule has 1 aromatic carbocycles. The number of benzene rings is 1. The van der Waals surface area contributed by atoms with E-state index >= 15 is 0 Å². The van der Waals surface area contributed by atoms with Crippen molar-refractivity contribution in [2.24, 2.45) is 5.73 Å². The molecule has 72 valence electrons. The van der Waals surface area contributed by atoms with Crippen molar-refractivity contribution in [2.75, 3.05) is 0 Å². The van der Waals surface area contributed by atoms with Gasteiger partial charge < -0.3 is 10.8 Å².